The second kappa shape index (κ2) is 6.43. The molecule has 1 N–H and O–H groups in total. The van der Waals surface area contributed by atoms with Gasteiger partial charge < -0.3 is 9.84 Å². The third-order valence-electron chi connectivity index (χ3n) is 2.78. The lowest BCUT2D eigenvalue weighted by Crippen LogP contribution is -1.94. The molecule has 0 saturated carbocycles. The van der Waals surface area contributed by atoms with Crippen LogP contribution in [-0.4, -0.2) is 10.0 Å². The zero-order valence-electron chi connectivity index (χ0n) is 10.9. The summed E-state index contributed by atoms with van der Waals surface area (Å²) in [5.74, 6) is 0.820. The van der Waals surface area contributed by atoms with Crippen LogP contribution in [-0.2, 0) is 0 Å². The Labute approximate surface area is 134 Å². The standard InChI is InChI=1S/C14H11BrClNO4/c1-8(18)11-4-3-10(7-12(11)15)21-14-5-2-9(17(19)20)6-13(14)16/h2-8,18H,1H3. The molecule has 0 spiro atoms. The molecule has 0 heterocycles. The minimum Gasteiger partial charge on any atom is -0.456 e. The highest BCUT2D eigenvalue weighted by molar-refractivity contribution is 9.10. The van der Waals surface area contributed by atoms with E-state index in [1.165, 1.54) is 18.2 Å². The van der Waals surface area contributed by atoms with Crippen LogP contribution in [0.1, 0.15) is 18.6 Å². The average molecular weight is 373 g/mol. The number of hydrogen-bond acceptors (Lipinski definition) is 4. The summed E-state index contributed by atoms with van der Waals surface area (Å²) in [4.78, 5) is 10.1. The number of rotatable bonds is 4. The lowest BCUT2D eigenvalue weighted by Gasteiger charge is -2.11. The van der Waals surface area contributed by atoms with Gasteiger partial charge in [0.2, 0.25) is 0 Å². The number of benzene rings is 2. The molecule has 0 fully saturated rings. The summed E-state index contributed by atoms with van der Waals surface area (Å²) in [7, 11) is 0. The molecule has 2 rings (SSSR count). The van der Waals surface area contributed by atoms with Gasteiger partial charge in [0.15, 0.2) is 0 Å². The Morgan fingerprint density at radius 3 is 2.57 bits per heavy atom. The van der Waals surface area contributed by atoms with E-state index in [4.69, 9.17) is 16.3 Å². The van der Waals surface area contributed by atoms with E-state index >= 15 is 0 Å². The van der Waals surface area contributed by atoms with Gasteiger partial charge in [0.25, 0.3) is 5.69 Å². The van der Waals surface area contributed by atoms with Crippen molar-refractivity contribution in [2.45, 2.75) is 13.0 Å². The molecule has 110 valence electrons. The number of nitro benzene ring substituents is 1. The zero-order chi connectivity index (χ0) is 15.6. The van der Waals surface area contributed by atoms with Gasteiger partial charge in [0, 0.05) is 16.6 Å². The van der Waals surface area contributed by atoms with Crippen LogP contribution >= 0.6 is 27.5 Å². The minimum atomic E-state index is -0.601. The first-order chi connectivity index (χ1) is 9.88. The van der Waals surface area contributed by atoms with E-state index in [1.807, 2.05) is 0 Å². The first-order valence-electron chi connectivity index (χ1n) is 5.98. The van der Waals surface area contributed by atoms with E-state index in [0.29, 0.717) is 16.0 Å². The number of ether oxygens (including phenoxy) is 1. The van der Waals surface area contributed by atoms with Crippen molar-refractivity contribution in [3.63, 3.8) is 0 Å². The van der Waals surface area contributed by atoms with E-state index < -0.39 is 11.0 Å². The number of non-ortho nitro benzene ring substituents is 1. The quantitative estimate of drug-likeness (QED) is 0.614. The van der Waals surface area contributed by atoms with Gasteiger partial charge in [-0.3, -0.25) is 10.1 Å². The number of aliphatic hydroxyl groups excluding tert-OH is 1. The van der Waals surface area contributed by atoms with Crippen LogP contribution in [0.2, 0.25) is 5.02 Å². The second-order valence-corrected chi connectivity index (χ2v) is 5.59. The van der Waals surface area contributed by atoms with Crippen LogP contribution in [0.25, 0.3) is 0 Å². The predicted octanol–water partition coefficient (Wildman–Crippen LogP) is 4.86. The van der Waals surface area contributed by atoms with Gasteiger partial charge in [-0.25, -0.2) is 0 Å². The Kier molecular flexibility index (Phi) is 4.82. The number of halogens is 2. The second-order valence-electron chi connectivity index (χ2n) is 4.33. The van der Waals surface area contributed by atoms with E-state index in [2.05, 4.69) is 15.9 Å². The first kappa shape index (κ1) is 15.8. The fraction of sp³-hybridized carbons (Fsp3) is 0.143. The smallest absolute Gasteiger partial charge is 0.271 e. The molecule has 5 nitrogen and oxygen atoms in total. The van der Waals surface area contributed by atoms with Crippen LogP contribution in [0.5, 0.6) is 11.5 Å². The van der Waals surface area contributed by atoms with Crippen molar-refractivity contribution in [1.29, 1.82) is 0 Å². The fourth-order valence-electron chi connectivity index (χ4n) is 1.72. The van der Waals surface area contributed by atoms with Gasteiger partial charge in [0.1, 0.15) is 11.5 Å². The van der Waals surface area contributed by atoms with Gasteiger partial charge in [-0.15, -0.1) is 0 Å². The van der Waals surface area contributed by atoms with Crippen LogP contribution in [0, 0.1) is 10.1 Å². The number of aliphatic hydroxyl groups is 1. The maximum Gasteiger partial charge on any atom is 0.271 e. The average Bonchev–Trinajstić information content (AvgIpc) is 2.40. The van der Waals surface area contributed by atoms with Gasteiger partial charge in [-0.2, -0.15) is 0 Å². The molecular formula is C14H11BrClNO4. The van der Waals surface area contributed by atoms with Crippen LogP contribution in [0.4, 0.5) is 5.69 Å². The van der Waals surface area contributed by atoms with Gasteiger partial charge in [0.05, 0.1) is 16.0 Å². The molecule has 0 saturated heterocycles. The molecular weight excluding hydrogens is 362 g/mol. The van der Waals surface area contributed by atoms with Crippen LogP contribution < -0.4 is 4.74 Å². The third kappa shape index (κ3) is 3.72. The Morgan fingerprint density at radius 1 is 1.33 bits per heavy atom. The van der Waals surface area contributed by atoms with Gasteiger partial charge in [-0.1, -0.05) is 33.6 Å². The SMILES string of the molecule is CC(O)c1ccc(Oc2ccc([N+](=O)[O-])cc2Cl)cc1Br. The maximum atomic E-state index is 10.6. The van der Waals surface area contributed by atoms with Gasteiger partial charge in [-0.05, 0) is 30.7 Å². The molecule has 2 aromatic carbocycles. The highest BCUT2D eigenvalue weighted by Crippen LogP contribution is 2.34. The monoisotopic (exact) mass is 371 g/mol. The van der Waals surface area contributed by atoms with Crippen molar-refractivity contribution in [1.82, 2.24) is 0 Å². The fourth-order valence-corrected chi connectivity index (χ4v) is 2.63. The Morgan fingerprint density at radius 2 is 2.05 bits per heavy atom. The number of nitrogens with zero attached hydrogens (tertiary/aromatic N) is 1. The number of hydrogen-bond donors (Lipinski definition) is 1. The summed E-state index contributed by atoms with van der Waals surface area (Å²) in [6.45, 7) is 1.66. The third-order valence-corrected chi connectivity index (χ3v) is 3.76. The first-order valence-corrected chi connectivity index (χ1v) is 7.15. The molecule has 0 amide bonds. The Bertz CT molecular complexity index is 691. The van der Waals surface area contributed by atoms with E-state index in [9.17, 15) is 15.2 Å². The minimum absolute atomic E-state index is 0.0991. The topological polar surface area (TPSA) is 72.6 Å². The molecule has 21 heavy (non-hydrogen) atoms. The van der Waals surface area contributed by atoms with Crippen molar-refractivity contribution in [3.05, 3.63) is 61.6 Å². The molecule has 0 aliphatic heterocycles. The van der Waals surface area contributed by atoms with E-state index in [-0.39, 0.29) is 10.7 Å². The summed E-state index contributed by atoms with van der Waals surface area (Å²) >= 11 is 9.31. The van der Waals surface area contributed by atoms with Crippen molar-refractivity contribution in [3.8, 4) is 11.5 Å². The molecule has 0 aromatic heterocycles. The zero-order valence-corrected chi connectivity index (χ0v) is 13.3. The normalized spacial score (nSPS) is 12.0. The van der Waals surface area contributed by atoms with Crippen LogP contribution in [0.15, 0.2) is 40.9 Å². The summed E-state index contributed by atoms with van der Waals surface area (Å²) in [6, 6.07) is 9.10. The Balaban J connectivity index is 2.26. The summed E-state index contributed by atoms with van der Waals surface area (Å²) < 4.78 is 6.30. The molecule has 1 atom stereocenters. The lowest BCUT2D eigenvalue weighted by molar-refractivity contribution is -0.384. The molecule has 0 bridgehead atoms. The molecule has 0 radical (unpaired) electrons. The van der Waals surface area contributed by atoms with E-state index in [1.54, 1.807) is 25.1 Å². The largest absolute Gasteiger partial charge is 0.456 e. The molecule has 0 aliphatic rings. The highest BCUT2D eigenvalue weighted by Gasteiger charge is 2.12. The van der Waals surface area contributed by atoms with Crippen molar-refractivity contribution in [2.24, 2.45) is 0 Å². The molecule has 1 unspecified atom stereocenters. The highest BCUT2D eigenvalue weighted by atomic mass is 79.9. The lowest BCUT2D eigenvalue weighted by atomic mass is 10.1. The molecule has 0 aliphatic carbocycles. The van der Waals surface area contributed by atoms with Crippen molar-refractivity contribution < 1.29 is 14.8 Å². The number of nitro groups is 1. The maximum absolute atomic E-state index is 10.6. The molecule has 2 aromatic rings. The van der Waals surface area contributed by atoms with E-state index in [0.717, 1.165) is 5.56 Å². The van der Waals surface area contributed by atoms with Crippen LogP contribution in [0.3, 0.4) is 0 Å². The van der Waals surface area contributed by atoms with Crippen molar-refractivity contribution >= 4 is 33.2 Å². The Hall–Kier alpha value is -1.63. The summed E-state index contributed by atoms with van der Waals surface area (Å²) in [6.07, 6.45) is -0.601. The summed E-state index contributed by atoms with van der Waals surface area (Å²) in [5, 5.41) is 20.4. The predicted molar refractivity (Wildman–Crippen MR) is 83.0 cm³/mol. The molecule has 7 heteroatoms. The van der Waals surface area contributed by atoms with Gasteiger partial charge >= 0.3 is 0 Å². The van der Waals surface area contributed by atoms with Crippen molar-refractivity contribution in [2.75, 3.05) is 0 Å². The summed E-state index contributed by atoms with van der Waals surface area (Å²) in [5.41, 5.74) is 0.634.